The van der Waals surface area contributed by atoms with Gasteiger partial charge in [-0.05, 0) is 6.92 Å². The van der Waals surface area contributed by atoms with Gasteiger partial charge in [-0.2, -0.15) is 0 Å². The molecule has 0 fully saturated rings. The number of hydrogen-bond donors (Lipinski definition) is 1. The Labute approximate surface area is 110 Å². The van der Waals surface area contributed by atoms with Crippen LogP contribution in [0, 0.1) is 6.92 Å². The largest absolute Gasteiger partial charge is 0.277 e. The molecule has 1 amide bonds. The lowest BCUT2D eigenvalue weighted by molar-refractivity contribution is -0.130. The molecule has 0 aliphatic carbocycles. The standard InChI is InChI=1S/C13H14N2O2S/c1-9-3-5-10(6-4-9)13-14-11(8-18-13)7-12(16)15-17-2/h3-6,8H,7H2,1-2H3,(H,15,16). The Morgan fingerprint density at radius 1 is 1.39 bits per heavy atom. The normalized spacial score (nSPS) is 10.3. The molecule has 0 aliphatic heterocycles. The van der Waals surface area contributed by atoms with Crippen molar-refractivity contribution >= 4 is 17.2 Å². The Morgan fingerprint density at radius 2 is 2.11 bits per heavy atom. The molecule has 5 heteroatoms. The molecule has 1 aromatic heterocycles. The molecule has 0 spiro atoms. The monoisotopic (exact) mass is 262 g/mol. The summed E-state index contributed by atoms with van der Waals surface area (Å²) in [5.41, 5.74) is 5.32. The van der Waals surface area contributed by atoms with Gasteiger partial charge in [-0.25, -0.2) is 10.5 Å². The summed E-state index contributed by atoms with van der Waals surface area (Å²) < 4.78 is 0. The lowest BCUT2D eigenvalue weighted by Crippen LogP contribution is -2.23. The van der Waals surface area contributed by atoms with Gasteiger partial charge in [0, 0.05) is 10.9 Å². The smallest absolute Gasteiger partial charge is 0.249 e. The van der Waals surface area contributed by atoms with Gasteiger partial charge < -0.3 is 0 Å². The highest BCUT2D eigenvalue weighted by Crippen LogP contribution is 2.24. The highest BCUT2D eigenvalue weighted by molar-refractivity contribution is 7.13. The van der Waals surface area contributed by atoms with Crippen LogP contribution in [0.4, 0.5) is 0 Å². The zero-order valence-electron chi connectivity index (χ0n) is 10.3. The maximum atomic E-state index is 11.3. The van der Waals surface area contributed by atoms with Gasteiger partial charge in [-0.15, -0.1) is 11.3 Å². The first-order valence-corrected chi connectivity index (χ1v) is 6.40. The first-order valence-electron chi connectivity index (χ1n) is 5.52. The number of benzene rings is 1. The summed E-state index contributed by atoms with van der Waals surface area (Å²) in [7, 11) is 1.41. The summed E-state index contributed by atoms with van der Waals surface area (Å²) >= 11 is 1.54. The van der Waals surface area contributed by atoms with Gasteiger partial charge in [-0.1, -0.05) is 29.8 Å². The highest BCUT2D eigenvalue weighted by atomic mass is 32.1. The lowest BCUT2D eigenvalue weighted by Gasteiger charge is -1.99. The predicted molar refractivity (Wildman–Crippen MR) is 71.1 cm³/mol. The first kappa shape index (κ1) is 12.7. The van der Waals surface area contributed by atoms with E-state index in [1.54, 1.807) is 0 Å². The van der Waals surface area contributed by atoms with Gasteiger partial charge >= 0.3 is 0 Å². The number of hydrogen-bond acceptors (Lipinski definition) is 4. The number of amides is 1. The number of aryl methyl sites for hydroxylation is 1. The molecule has 0 saturated carbocycles. The molecule has 0 bridgehead atoms. The molecular weight excluding hydrogens is 248 g/mol. The summed E-state index contributed by atoms with van der Waals surface area (Å²) in [6.45, 7) is 2.05. The Balaban J connectivity index is 2.10. The number of carbonyl (C=O) groups excluding carboxylic acids is 1. The van der Waals surface area contributed by atoms with Crippen molar-refractivity contribution in [3.63, 3.8) is 0 Å². The van der Waals surface area contributed by atoms with Crippen molar-refractivity contribution in [3.8, 4) is 10.6 Å². The zero-order valence-corrected chi connectivity index (χ0v) is 11.1. The van der Waals surface area contributed by atoms with E-state index in [1.807, 2.05) is 36.6 Å². The average molecular weight is 262 g/mol. The van der Waals surface area contributed by atoms with Crippen LogP contribution in [0.15, 0.2) is 29.6 Å². The van der Waals surface area contributed by atoms with Crippen LogP contribution >= 0.6 is 11.3 Å². The molecule has 0 aliphatic rings. The van der Waals surface area contributed by atoms with Crippen LogP contribution in [0.2, 0.25) is 0 Å². The van der Waals surface area contributed by atoms with Gasteiger partial charge in [-0.3, -0.25) is 9.63 Å². The van der Waals surface area contributed by atoms with Gasteiger partial charge in [0.1, 0.15) is 5.01 Å². The number of hydroxylamine groups is 1. The van der Waals surface area contributed by atoms with E-state index in [2.05, 4.69) is 15.3 Å². The summed E-state index contributed by atoms with van der Waals surface area (Å²) in [5.74, 6) is -0.196. The fourth-order valence-electron chi connectivity index (χ4n) is 1.53. The molecular formula is C13H14N2O2S. The van der Waals surface area contributed by atoms with Gasteiger partial charge in [0.05, 0.1) is 19.2 Å². The summed E-state index contributed by atoms with van der Waals surface area (Å²) in [5, 5.41) is 2.82. The lowest BCUT2D eigenvalue weighted by atomic mass is 10.2. The third kappa shape index (κ3) is 3.15. The molecule has 18 heavy (non-hydrogen) atoms. The maximum absolute atomic E-state index is 11.3. The molecule has 0 saturated heterocycles. The minimum absolute atomic E-state index is 0.196. The SMILES string of the molecule is CONC(=O)Cc1csc(-c2ccc(C)cc2)n1. The van der Waals surface area contributed by atoms with Crippen LogP contribution in [0.3, 0.4) is 0 Å². The van der Waals surface area contributed by atoms with Crippen molar-refractivity contribution < 1.29 is 9.63 Å². The number of aromatic nitrogens is 1. The Kier molecular flexibility index (Phi) is 4.07. The molecule has 2 aromatic rings. The third-order valence-corrected chi connectivity index (χ3v) is 3.35. The quantitative estimate of drug-likeness (QED) is 0.860. The molecule has 0 atom stereocenters. The number of thiazole rings is 1. The van der Waals surface area contributed by atoms with E-state index in [1.165, 1.54) is 24.0 Å². The van der Waals surface area contributed by atoms with E-state index in [4.69, 9.17) is 0 Å². The van der Waals surface area contributed by atoms with Crippen LogP contribution in [0.5, 0.6) is 0 Å². The number of carbonyl (C=O) groups is 1. The molecule has 1 heterocycles. The second-order valence-corrected chi connectivity index (χ2v) is 4.77. The maximum Gasteiger partial charge on any atom is 0.249 e. The van der Waals surface area contributed by atoms with Crippen molar-refractivity contribution in [1.29, 1.82) is 0 Å². The van der Waals surface area contributed by atoms with Crippen LogP contribution in [-0.4, -0.2) is 18.0 Å². The zero-order chi connectivity index (χ0) is 13.0. The second kappa shape index (κ2) is 5.75. The average Bonchev–Trinajstić information content (AvgIpc) is 2.78. The van der Waals surface area contributed by atoms with Crippen LogP contribution in [0.25, 0.3) is 10.6 Å². The third-order valence-electron chi connectivity index (χ3n) is 2.41. The molecule has 0 unspecified atom stereocenters. The Bertz CT molecular complexity index is 534. The molecule has 2 rings (SSSR count). The van der Waals surface area contributed by atoms with E-state index in [-0.39, 0.29) is 12.3 Å². The second-order valence-electron chi connectivity index (χ2n) is 3.92. The summed E-state index contributed by atoms with van der Waals surface area (Å²) in [6, 6.07) is 8.17. The Morgan fingerprint density at radius 3 is 2.78 bits per heavy atom. The predicted octanol–water partition coefficient (Wildman–Crippen LogP) is 2.34. The fraction of sp³-hybridized carbons (Fsp3) is 0.231. The van der Waals surface area contributed by atoms with E-state index in [0.717, 1.165) is 16.3 Å². The molecule has 1 N–H and O–H groups in total. The number of nitrogens with one attached hydrogen (secondary N) is 1. The van der Waals surface area contributed by atoms with Crippen molar-refractivity contribution in [1.82, 2.24) is 10.5 Å². The van der Waals surface area contributed by atoms with Crippen LogP contribution in [-0.2, 0) is 16.1 Å². The van der Waals surface area contributed by atoms with Crippen LogP contribution in [0.1, 0.15) is 11.3 Å². The highest BCUT2D eigenvalue weighted by Gasteiger charge is 2.08. The molecule has 4 nitrogen and oxygen atoms in total. The molecule has 1 aromatic carbocycles. The minimum atomic E-state index is -0.196. The van der Waals surface area contributed by atoms with Crippen LogP contribution < -0.4 is 5.48 Å². The minimum Gasteiger partial charge on any atom is -0.277 e. The van der Waals surface area contributed by atoms with E-state index in [0.29, 0.717) is 0 Å². The van der Waals surface area contributed by atoms with Crippen molar-refractivity contribution in [2.75, 3.05) is 7.11 Å². The topological polar surface area (TPSA) is 51.2 Å². The fourth-order valence-corrected chi connectivity index (χ4v) is 2.36. The van der Waals surface area contributed by atoms with Gasteiger partial charge in [0.15, 0.2) is 0 Å². The molecule has 0 radical (unpaired) electrons. The molecule has 94 valence electrons. The summed E-state index contributed by atoms with van der Waals surface area (Å²) in [4.78, 5) is 20.3. The number of rotatable bonds is 4. The van der Waals surface area contributed by atoms with E-state index < -0.39 is 0 Å². The van der Waals surface area contributed by atoms with E-state index in [9.17, 15) is 4.79 Å². The van der Waals surface area contributed by atoms with Gasteiger partial charge in [0.2, 0.25) is 5.91 Å². The Hall–Kier alpha value is -1.72. The van der Waals surface area contributed by atoms with E-state index >= 15 is 0 Å². The number of nitrogens with zero attached hydrogens (tertiary/aromatic N) is 1. The summed E-state index contributed by atoms with van der Waals surface area (Å²) in [6.07, 6.45) is 0.232. The first-order chi connectivity index (χ1) is 8.69. The van der Waals surface area contributed by atoms with Crippen molar-refractivity contribution in [2.45, 2.75) is 13.3 Å². The van der Waals surface area contributed by atoms with Crippen molar-refractivity contribution in [2.24, 2.45) is 0 Å². The van der Waals surface area contributed by atoms with Crippen molar-refractivity contribution in [3.05, 3.63) is 40.9 Å². The van der Waals surface area contributed by atoms with Gasteiger partial charge in [0.25, 0.3) is 0 Å².